The lowest BCUT2D eigenvalue weighted by atomic mass is 10.2. The maximum absolute atomic E-state index is 11.5. The minimum atomic E-state index is 0.0250. The first-order valence-corrected chi connectivity index (χ1v) is 5.59. The Morgan fingerprint density at radius 3 is 2.94 bits per heavy atom. The van der Waals surface area contributed by atoms with Crippen molar-refractivity contribution in [3.63, 3.8) is 0 Å². The smallest absolute Gasteiger partial charge is 0.224 e. The fraction of sp³-hybridized carbons (Fsp3) is 0.500. The highest BCUT2D eigenvalue weighted by molar-refractivity contribution is 5.78. The molecule has 0 aliphatic heterocycles. The summed E-state index contributed by atoms with van der Waals surface area (Å²) in [5, 5.41) is 11.4. The summed E-state index contributed by atoms with van der Waals surface area (Å²) in [6, 6.07) is 3.71. The Morgan fingerprint density at radius 2 is 2.25 bits per heavy atom. The third-order valence-corrected chi connectivity index (χ3v) is 2.24. The molecule has 4 heteroatoms. The Balaban J connectivity index is 2.12. The number of carbonyl (C=O) groups is 1. The second-order valence-electron chi connectivity index (χ2n) is 3.67. The fourth-order valence-corrected chi connectivity index (χ4v) is 1.39. The number of unbranched alkanes of at least 4 members (excludes halogenated alkanes) is 2. The molecule has 0 saturated heterocycles. The predicted molar refractivity (Wildman–Crippen MR) is 61.9 cm³/mol. The Kier molecular flexibility index (Phi) is 6.18. The highest BCUT2D eigenvalue weighted by Gasteiger charge is 2.01. The third-order valence-electron chi connectivity index (χ3n) is 2.24. The molecule has 4 nitrogen and oxygen atoms in total. The van der Waals surface area contributed by atoms with Crippen LogP contribution < -0.4 is 5.32 Å². The Hall–Kier alpha value is -1.42. The van der Waals surface area contributed by atoms with E-state index in [1.165, 1.54) is 0 Å². The van der Waals surface area contributed by atoms with E-state index in [-0.39, 0.29) is 12.5 Å². The van der Waals surface area contributed by atoms with Crippen LogP contribution >= 0.6 is 0 Å². The molecule has 1 aromatic heterocycles. The van der Waals surface area contributed by atoms with Crippen molar-refractivity contribution in [2.24, 2.45) is 0 Å². The average Bonchev–Trinajstić information content (AvgIpc) is 2.30. The van der Waals surface area contributed by atoms with Crippen LogP contribution in [0.2, 0.25) is 0 Å². The maximum Gasteiger partial charge on any atom is 0.224 e. The molecule has 16 heavy (non-hydrogen) atoms. The molecule has 0 fully saturated rings. The number of hydrogen-bond acceptors (Lipinski definition) is 3. The molecule has 88 valence electrons. The van der Waals surface area contributed by atoms with Crippen LogP contribution in [0, 0.1) is 0 Å². The summed E-state index contributed by atoms with van der Waals surface area (Å²) in [6.45, 7) is 0.905. The number of amides is 1. The number of carbonyl (C=O) groups excluding carboxylic acids is 1. The van der Waals surface area contributed by atoms with Crippen molar-refractivity contribution in [3.05, 3.63) is 30.1 Å². The van der Waals surface area contributed by atoms with Crippen molar-refractivity contribution in [1.29, 1.82) is 0 Å². The predicted octanol–water partition coefficient (Wildman–Crippen LogP) is 0.903. The van der Waals surface area contributed by atoms with Gasteiger partial charge in [-0.3, -0.25) is 9.78 Å². The quantitative estimate of drug-likeness (QED) is 0.674. The van der Waals surface area contributed by atoms with Crippen LogP contribution in [0.3, 0.4) is 0 Å². The molecule has 0 aliphatic rings. The molecule has 0 unspecified atom stereocenters. The van der Waals surface area contributed by atoms with Gasteiger partial charge in [0.1, 0.15) is 0 Å². The van der Waals surface area contributed by atoms with Crippen LogP contribution in [0.5, 0.6) is 0 Å². The van der Waals surface area contributed by atoms with Gasteiger partial charge in [-0.2, -0.15) is 0 Å². The Morgan fingerprint density at radius 1 is 1.38 bits per heavy atom. The van der Waals surface area contributed by atoms with Crippen molar-refractivity contribution in [1.82, 2.24) is 10.3 Å². The van der Waals surface area contributed by atoms with Crippen molar-refractivity contribution in [2.75, 3.05) is 13.2 Å². The SMILES string of the molecule is O=C(Cc1cccnc1)NCCCCCO. The summed E-state index contributed by atoms with van der Waals surface area (Å²) < 4.78 is 0. The number of aromatic nitrogens is 1. The molecule has 0 radical (unpaired) electrons. The van der Waals surface area contributed by atoms with Gasteiger partial charge in [0.2, 0.25) is 5.91 Å². The topological polar surface area (TPSA) is 62.2 Å². The van der Waals surface area contributed by atoms with Crippen LogP contribution in [0.1, 0.15) is 24.8 Å². The van der Waals surface area contributed by atoms with Gasteiger partial charge in [0.15, 0.2) is 0 Å². The van der Waals surface area contributed by atoms with Gasteiger partial charge in [-0.25, -0.2) is 0 Å². The van der Waals surface area contributed by atoms with E-state index in [0.29, 0.717) is 13.0 Å². The number of nitrogens with one attached hydrogen (secondary N) is 1. The van der Waals surface area contributed by atoms with Crippen LogP contribution in [-0.4, -0.2) is 29.1 Å². The van der Waals surface area contributed by atoms with Gasteiger partial charge in [-0.1, -0.05) is 6.07 Å². The van der Waals surface area contributed by atoms with Crippen molar-refractivity contribution >= 4 is 5.91 Å². The molecule has 1 amide bonds. The lowest BCUT2D eigenvalue weighted by molar-refractivity contribution is -0.120. The van der Waals surface area contributed by atoms with E-state index in [4.69, 9.17) is 5.11 Å². The fourth-order valence-electron chi connectivity index (χ4n) is 1.39. The molecule has 0 aliphatic carbocycles. The number of hydrogen-bond donors (Lipinski definition) is 2. The van der Waals surface area contributed by atoms with Crippen molar-refractivity contribution in [2.45, 2.75) is 25.7 Å². The molecule has 1 aromatic rings. The molecule has 0 saturated carbocycles. The van der Waals surface area contributed by atoms with E-state index in [0.717, 1.165) is 24.8 Å². The Labute approximate surface area is 95.7 Å². The van der Waals surface area contributed by atoms with Gasteiger partial charge >= 0.3 is 0 Å². The summed E-state index contributed by atoms with van der Waals surface area (Å²) in [6.07, 6.45) is 6.44. The van der Waals surface area contributed by atoms with Gasteiger partial charge in [0.05, 0.1) is 6.42 Å². The van der Waals surface area contributed by atoms with Gasteiger partial charge < -0.3 is 10.4 Å². The first-order valence-electron chi connectivity index (χ1n) is 5.59. The Bertz CT molecular complexity index is 301. The standard InChI is InChI=1S/C12H18N2O2/c15-8-3-1-2-7-14-12(16)9-11-5-4-6-13-10-11/h4-6,10,15H,1-3,7-9H2,(H,14,16). The zero-order valence-electron chi connectivity index (χ0n) is 9.35. The normalized spacial score (nSPS) is 10.1. The summed E-state index contributed by atoms with van der Waals surface area (Å²) >= 11 is 0. The van der Waals surface area contributed by atoms with Crippen molar-refractivity contribution < 1.29 is 9.90 Å². The molecule has 0 aromatic carbocycles. The van der Waals surface area contributed by atoms with Crippen LogP contribution in [0.15, 0.2) is 24.5 Å². The number of pyridine rings is 1. The largest absolute Gasteiger partial charge is 0.396 e. The maximum atomic E-state index is 11.5. The van der Waals surface area contributed by atoms with Gasteiger partial charge in [-0.15, -0.1) is 0 Å². The third kappa shape index (κ3) is 5.46. The highest BCUT2D eigenvalue weighted by atomic mass is 16.2. The van der Waals surface area contributed by atoms with Crippen LogP contribution in [0.4, 0.5) is 0 Å². The molecule has 0 spiro atoms. The summed E-state index contributed by atoms with van der Waals surface area (Å²) in [7, 11) is 0. The molecular formula is C12H18N2O2. The van der Waals surface area contributed by atoms with Crippen LogP contribution in [0.25, 0.3) is 0 Å². The lowest BCUT2D eigenvalue weighted by Crippen LogP contribution is -2.26. The molecule has 0 bridgehead atoms. The van der Waals surface area contributed by atoms with Gasteiger partial charge in [-0.05, 0) is 30.9 Å². The molecule has 1 heterocycles. The number of aliphatic hydroxyl groups is 1. The summed E-state index contributed by atoms with van der Waals surface area (Å²) in [5.74, 6) is 0.0250. The first kappa shape index (κ1) is 12.6. The van der Waals surface area contributed by atoms with E-state index < -0.39 is 0 Å². The van der Waals surface area contributed by atoms with Crippen LogP contribution in [-0.2, 0) is 11.2 Å². The molecular weight excluding hydrogens is 204 g/mol. The zero-order valence-corrected chi connectivity index (χ0v) is 9.35. The van der Waals surface area contributed by atoms with Gasteiger partial charge in [0, 0.05) is 25.5 Å². The average molecular weight is 222 g/mol. The second-order valence-corrected chi connectivity index (χ2v) is 3.67. The zero-order chi connectivity index (χ0) is 11.6. The number of nitrogens with zero attached hydrogens (tertiary/aromatic N) is 1. The van der Waals surface area contributed by atoms with Gasteiger partial charge in [0.25, 0.3) is 0 Å². The number of rotatable bonds is 7. The summed E-state index contributed by atoms with van der Waals surface area (Å²) in [5.41, 5.74) is 0.926. The van der Waals surface area contributed by atoms with E-state index in [1.54, 1.807) is 12.4 Å². The molecule has 0 atom stereocenters. The first-order chi connectivity index (χ1) is 7.83. The van der Waals surface area contributed by atoms with E-state index in [1.807, 2.05) is 12.1 Å². The molecule has 2 N–H and O–H groups in total. The minimum Gasteiger partial charge on any atom is -0.396 e. The monoisotopic (exact) mass is 222 g/mol. The van der Waals surface area contributed by atoms with Crippen molar-refractivity contribution in [3.8, 4) is 0 Å². The minimum absolute atomic E-state index is 0.0250. The molecule has 1 rings (SSSR count). The highest BCUT2D eigenvalue weighted by Crippen LogP contribution is 1.97. The van der Waals surface area contributed by atoms with E-state index in [9.17, 15) is 4.79 Å². The number of aliphatic hydroxyl groups excluding tert-OH is 1. The van der Waals surface area contributed by atoms with E-state index in [2.05, 4.69) is 10.3 Å². The summed E-state index contributed by atoms with van der Waals surface area (Å²) in [4.78, 5) is 15.4. The lowest BCUT2D eigenvalue weighted by Gasteiger charge is -2.04. The second kappa shape index (κ2) is 7.82. The van der Waals surface area contributed by atoms with E-state index >= 15 is 0 Å².